The number of ether oxygens (including phenoxy) is 1. The summed E-state index contributed by atoms with van der Waals surface area (Å²) in [5, 5.41) is 12.0. The van der Waals surface area contributed by atoms with Crippen molar-refractivity contribution in [1.29, 1.82) is 5.26 Å². The molecule has 0 aromatic heterocycles. The van der Waals surface area contributed by atoms with Gasteiger partial charge >= 0.3 is 0 Å². The van der Waals surface area contributed by atoms with Gasteiger partial charge in [-0.05, 0) is 45.2 Å². The maximum atomic E-state index is 12.7. The van der Waals surface area contributed by atoms with Crippen LogP contribution in [0.15, 0.2) is 24.3 Å². The molecule has 0 amide bonds. The summed E-state index contributed by atoms with van der Waals surface area (Å²) >= 11 is 0. The molecule has 1 aromatic carbocycles. The Morgan fingerprint density at radius 2 is 2.06 bits per heavy atom. The van der Waals surface area contributed by atoms with Gasteiger partial charge < -0.3 is 10.1 Å². The maximum absolute atomic E-state index is 12.7. The second kappa shape index (κ2) is 5.65. The second-order valence-electron chi connectivity index (χ2n) is 4.28. The van der Waals surface area contributed by atoms with Gasteiger partial charge in [0.05, 0.1) is 12.2 Å². The van der Waals surface area contributed by atoms with Gasteiger partial charge in [-0.25, -0.2) is 4.39 Å². The number of nitrogens with zero attached hydrogens (tertiary/aromatic N) is 1. The van der Waals surface area contributed by atoms with Crippen molar-refractivity contribution in [3.8, 4) is 11.8 Å². The standard InChI is InChI=1S/C13H17FN2O/c1-10(8-13(2,9-15)16-3)17-12-6-4-11(14)5-7-12/h4-7,10,16H,8H2,1-3H3. The molecule has 0 aliphatic carbocycles. The molecule has 0 radical (unpaired) electrons. The predicted molar refractivity (Wildman–Crippen MR) is 64.2 cm³/mol. The first-order chi connectivity index (χ1) is 7.99. The van der Waals surface area contributed by atoms with Gasteiger partial charge in [0.1, 0.15) is 17.1 Å². The summed E-state index contributed by atoms with van der Waals surface area (Å²) in [5.41, 5.74) is -0.612. The average molecular weight is 236 g/mol. The Morgan fingerprint density at radius 3 is 2.53 bits per heavy atom. The molecule has 1 aromatic rings. The number of benzene rings is 1. The zero-order chi connectivity index (χ0) is 12.9. The molecular weight excluding hydrogens is 219 g/mol. The van der Waals surface area contributed by atoms with Crippen LogP contribution in [0.25, 0.3) is 0 Å². The van der Waals surface area contributed by atoms with Gasteiger partial charge in [0.2, 0.25) is 0 Å². The molecule has 3 nitrogen and oxygen atoms in total. The van der Waals surface area contributed by atoms with Gasteiger partial charge in [-0.2, -0.15) is 5.26 Å². The van der Waals surface area contributed by atoms with Crippen LogP contribution in [0.3, 0.4) is 0 Å². The Kier molecular flexibility index (Phi) is 4.47. The lowest BCUT2D eigenvalue weighted by Crippen LogP contribution is -2.41. The number of nitriles is 1. The van der Waals surface area contributed by atoms with Crippen molar-refractivity contribution in [3.63, 3.8) is 0 Å². The minimum Gasteiger partial charge on any atom is -0.491 e. The molecule has 92 valence electrons. The van der Waals surface area contributed by atoms with E-state index in [1.165, 1.54) is 12.1 Å². The summed E-state index contributed by atoms with van der Waals surface area (Å²) in [7, 11) is 1.74. The van der Waals surface area contributed by atoms with E-state index in [9.17, 15) is 4.39 Å². The third-order valence-corrected chi connectivity index (χ3v) is 2.65. The van der Waals surface area contributed by atoms with E-state index in [1.807, 2.05) is 13.8 Å². The lowest BCUT2D eigenvalue weighted by Gasteiger charge is -2.25. The van der Waals surface area contributed by atoms with Crippen molar-refractivity contribution >= 4 is 0 Å². The minimum atomic E-state index is -0.612. The predicted octanol–water partition coefficient (Wildman–Crippen LogP) is 2.48. The third kappa shape index (κ3) is 4.04. The summed E-state index contributed by atoms with van der Waals surface area (Å²) < 4.78 is 18.3. The third-order valence-electron chi connectivity index (χ3n) is 2.65. The van der Waals surface area contributed by atoms with Crippen LogP contribution in [-0.2, 0) is 0 Å². The molecule has 0 saturated heterocycles. The second-order valence-corrected chi connectivity index (χ2v) is 4.28. The highest BCUT2D eigenvalue weighted by Gasteiger charge is 2.25. The van der Waals surface area contributed by atoms with Crippen molar-refractivity contribution < 1.29 is 9.13 Å². The molecular formula is C13H17FN2O. The first-order valence-electron chi connectivity index (χ1n) is 5.51. The molecule has 2 unspecified atom stereocenters. The van der Waals surface area contributed by atoms with Crippen molar-refractivity contribution in [1.82, 2.24) is 5.32 Å². The molecule has 0 fully saturated rings. The van der Waals surface area contributed by atoms with E-state index in [2.05, 4.69) is 11.4 Å². The van der Waals surface area contributed by atoms with Gasteiger partial charge in [0, 0.05) is 6.42 Å². The summed E-state index contributed by atoms with van der Waals surface area (Å²) in [6, 6.07) is 8.06. The fraction of sp³-hybridized carbons (Fsp3) is 0.462. The van der Waals surface area contributed by atoms with Crippen LogP contribution in [0.2, 0.25) is 0 Å². The number of hydrogen-bond acceptors (Lipinski definition) is 3. The van der Waals surface area contributed by atoms with E-state index in [0.717, 1.165) is 0 Å². The van der Waals surface area contributed by atoms with Crippen LogP contribution in [-0.4, -0.2) is 18.7 Å². The quantitative estimate of drug-likeness (QED) is 0.854. The van der Waals surface area contributed by atoms with Gasteiger partial charge in [-0.15, -0.1) is 0 Å². The fourth-order valence-electron chi connectivity index (χ4n) is 1.57. The Hall–Kier alpha value is -1.60. The van der Waals surface area contributed by atoms with Crippen LogP contribution < -0.4 is 10.1 Å². The lowest BCUT2D eigenvalue weighted by molar-refractivity contribution is 0.182. The van der Waals surface area contributed by atoms with E-state index >= 15 is 0 Å². The fourth-order valence-corrected chi connectivity index (χ4v) is 1.57. The van der Waals surface area contributed by atoms with Crippen LogP contribution in [0.1, 0.15) is 20.3 Å². The first kappa shape index (κ1) is 13.5. The lowest BCUT2D eigenvalue weighted by atomic mass is 9.97. The molecule has 0 spiro atoms. The Bertz CT molecular complexity index is 399. The molecule has 1 N–H and O–H groups in total. The van der Waals surface area contributed by atoms with Gasteiger partial charge in [0.15, 0.2) is 0 Å². The number of hydrogen-bond donors (Lipinski definition) is 1. The summed E-state index contributed by atoms with van der Waals surface area (Å²) in [5.74, 6) is 0.317. The minimum absolute atomic E-state index is 0.127. The van der Waals surface area contributed by atoms with Gasteiger partial charge in [-0.1, -0.05) is 0 Å². The molecule has 0 aliphatic rings. The van der Waals surface area contributed by atoms with E-state index in [4.69, 9.17) is 10.00 Å². The van der Waals surface area contributed by atoms with Crippen LogP contribution >= 0.6 is 0 Å². The monoisotopic (exact) mass is 236 g/mol. The van der Waals surface area contributed by atoms with Crippen LogP contribution in [0.5, 0.6) is 5.75 Å². The number of rotatable bonds is 5. The Morgan fingerprint density at radius 1 is 1.47 bits per heavy atom. The normalized spacial score (nSPS) is 15.7. The SMILES string of the molecule is CNC(C)(C#N)CC(C)Oc1ccc(F)cc1. The highest BCUT2D eigenvalue weighted by atomic mass is 19.1. The summed E-state index contributed by atoms with van der Waals surface area (Å²) in [6.45, 7) is 3.70. The van der Waals surface area contributed by atoms with Crippen molar-refractivity contribution in [2.45, 2.75) is 31.9 Å². The van der Waals surface area contributed by atoms with Crippen LogP contribution in [0.4, 0.5) is 4.39 Å². The smallest absolute Gasteiger partial charge is 0.123 e. The number of halogens is 1. The molecule has 4 heteroatoms. The van der Waals surface area contributed by atoms with E-state index in [1.54, 1.807) is 19.2 Å². The zero-order valence-electron chi connectivity index (χ0n) is 10.3. The first-order valence-corrected chi connectivity index (χ1v) is 5.51. The van der Waals surface area contributed by atoms with E-state index in [-0.39, 0.29) is 11.9 Å². The Labute approximate surface area is 101 Å². The van der Waals surface area contributed by atoms with E-state index in [0.29, 0.717) is 12.2 Å². The highest BCUT2D eigenvalue weighted by molar-refractivity contribution is 5.22. The van der Waals surface area contributed by atoms with Crippen molar-refractivity contribution in [3.05, 3.63) is 30.1 Å². The highest BCUT2D eigenvalue weighted by Crippen LogP contribution is 2.18. The topological polar surface area (TPSA) is 45.0 Å². The molecule has 0 saturated carbocycles. The maximum Gasteiger partial charge on any atom is 0.123 e. The molecule has 0 heterocycles. The zero-order valence-corrected chi connectivity index (χ0v) is 10.3. The molecule has 1 rings (SSSR count). The van der Waals surface area contributed by atoms with E-state index < -0.39 is 5.54 Å². The van der Waals surface area contributed by atoms with Crippen LogP contribution in [0, 0.1) is 17.1 Å². The largest absolute Gasteiger partial charge is 0.491 e. The van der Waals surface area contributed by atoms with Gasteiger partial charge in [0.25, 0.3) is 0 Å². The molecule has 17 heavy (non-hydrogen) atoms. The summed E-state index contributed by atoms with van der Waals surface area (Å²) in [4.78, 5) is 0. The van der Waals surface area contributed by atoms with Crippen molar-refractivity contribution in [2.75, 3.05) is 7.05 Å². The Balaban J connectivity index is 2.58. The molecule has 0 bridgehead atoms. The van der Waals surface area contributed by atoms with Gasteiger partial charge in [-0.3, -0.25) is 0 Å². The number of nitrogens with one attached hydrogen (secondary N) is 1. The average Bonchev–Trinajstić information content (AvgIpc) is 2.32. The van der Waals surface area contributed by atoms with Crippen molar-refractivity contribution in [2.24, 2.45) is 0 Å². The molecule has 2 atom stereocenters. The summed E-state index contributed by atoms with van der Waals surface area (Å²) in [6.07, 6.45) is 0.426. The molecule has 0 aliphatic heterocycles.